The molecular weight excluding hydrogens is 254 g/mol. The SMILES string of the molecule is CCN(CC)c1cccc(Br)c1C(=N)N. The lowest BCUT2D eigenvalue weighted by atomic mass is 10.1. The van der Waals surface area contributed by atoms with Crippen molar-refractivity contribution < 1.29 is 0 Å². The van der Waals surface area contributed by atoms with Gasteiger partial charge < -0.3 is 10.6 Å². The van der Waals surface area contributed by atoms with Crippen molar-refractivity contribution in [2.24, 2.45) is 5.73 Å². The monoisotopic (exact) mass is 269 g/mol. The number of hydrogen-bond donors (Lipinski definition) is 2. The first-order valence-corrected chi connectivity index (χ1v) is 5.78. The number of nitrogen functional groups attached to an aromatic ring is 1. The summed E-state index contributed by atoms with van der Waals surface area (Å²) in [6.07, 6.45) is 0. The Kier molecular flexibility index (Phi) is 4.15. The predicted molar refractivity (Wildman–Crippen MR) is 68.7 cm³/mol. The molecule has 1 aromatic rings. The van der Waals surface area contributed by atoms with Crippen LogP contribution in [-0.4, -0.2) is 18.9 Å². The number of nitrogens with two attached hydrogens (primary N) is 1. The summed E-state index contributed by atoms with van der Waals surface area (Å²) in [7, 11) is 0. The van der Waals surface area contributed by atoms with Gasteiger partial charge in [-0.3, -0.25) is 5.41 Å². The summed E-state index contributed by atoms with van der Waals surface area (Å²) in [6.45, 7) is 6.00. The zero-order valence-electron chi connectivity index (χ0n) is 9.05. The number of nitrogens with one attached hydrogen (secondary N) is 1. The van der Waals surface area contributed by atoms with E-state index >= 15 is 0 Å². The molecule has 0 spiro atoms. The summed E-state index contributed by atoms with van der Waals surface area (Å²) in [4.78, 5) is 2.18. The second kappa shape index (κ2) is 5.16. The predicted octanol–water partition coefficient (Wildman–Crippen LogP) is 2.58. The Labute approximate surface area is 98.9 Å². The first-order valence-electron chi connectivity index (χ1n) is 4.99. The van der Waals surface area contributed by atoms with Crippen LogP contribution in [0, 0.1) is 5.41 Å². The van der Waals surface area contributed by atoms with E-state index in [2.05, 4.69) is 34.7 Å². The number of benzene rings is 1. The Morgan fingerprint density at radius 3 is 2.47 bits per heavy atom. The average Bonchev–Trinajstić information content (AvgIpc) is 2.19. The van der Waals surface area contributed by atoms with Gasteiger partial charge in [0.1, 0.15) is 5.84 Å². The molecule has 3 nitrogen and oxygen atoms in total. The number of hydrogen-bond acceptors (Lipinski definition) is 2. The van der Waals surface area contributed by atoms with E-state index in [0.29, 0.717) is 0 Å². The van der Waals surface area contributed by atoms with Crippen LogP contribution in [0.15, 0.2) is 22.7 Å². The molecule has 0 radical (unpaired) electrons. The molecule has 1 rings (SSSR count). The van der Waals surface area contributed by atoms with E-state index in [-0.39, 0.29) is 5.84 Å². The summed E-state index contributed by atoms with van der Waals surface area (Å²) in [5, 5.41) is 7.58. The quantitative estimate of drug-likeness (QED) is 0.652. The van der Waals surface area contributed by atoms with E-state index in [1.54, 1.807) is 0 Å². The third-order valence-electron chi connectivity index (χ3n) is 2.37. The van der Waals surface area contributed by atoms with E-state index in [9.17, 15) is 0 Å². The third kappa shape index (κ3) is 2.50. The van der Waals surface area contributed by atoms with Crippen molar-refractivity contribution in [3.05, 3.63) is 28.2 Å². The van der Waals surface area contributed by atoms with Crippen LogP contribution in [0.2, 0.25) is 0 Å². The highest BCUT2D eigenvalue weighted by Crippen LogP contribution is 2.27. The molecule has 0 amide bonds. The number of halogens is 1. The summed E-state index contributed by atoms with van der Waals surface area (Å²) in [5.41, 5.74) is 7.38. The summed E-state index contributed by atoms with van der Waals surface area (Å²) in [5.74, 6) is 0.101. The lowest BCUT2D eigenvalue weighted by Gasteiger charge is -2.24. The first kappa shape index (κ1) is 12.0. The Morgan fingerprint density at radius 1 is 1.40 bits per heavy atom. The minimum Gasteiger partial charge on any atom is -0.384 e. The number of anilines is 1. The van der Waals surface area contributed by atoms with Crippen molar-refractivity contribution in [1.29, 1.82) is 5.41 Å². The molecule has 1 aromatic carbocycles. The van der Waals surface area contributed by atoms with E-state index < -0.39 is 0 Å². The summed E-state index contributed by atoms with van der Waals surface area (Å²) < 4.78 is 0.874. The van der Waals surface area contributed by atoms with Crippen molar-refractivity contribution in [2.45, 2.75) is 13.8 Å². The fourth-order valence-electron chi connectivity index (χ4n) is 1.61. The van der Waals surface area contributed by atoms with Gasteiger partial charge in [0.2, 0.25) is 0 Å². The van der Waals surface area contributed by atoms with Crippen molar-refractivity contribution >= 4 is 27.5 Å². The average molecular weight is 270 g/mol. The molecule has 0 fully saturated rings. The Hall–Kier alpha value is -1.03. The molecule has 0 aliphatic heterocycles. The normalized spacial score (nSPS) is 10.1. The van der Waals surface area contributed by atoms with Crippen molar-refractivity contribution in [2.75, 3.05) is 18.0 Å². The fraction of sp³-hybridized carbons (Fsp3) is 0.364. The second-order valence-electron chi connectivity index (χ2n) is 3.22. The van der Waals surface area contributed by atoms with Crippen molar-refractivity contribution in [3.8, 4) is 0 Å². The number of nitrogens with zero attached hydrogens (tertiary/aromatic N) is 1. The second-order valence-corrected chi connectivity index (χ2v) is 4.07. The minimum atomic E-state index is 0.101. The first-order chi connectivity index (χ1) is 7.11. The van der Waals surface area contributed by atoms with Gasteiger partial charge in [0.15, 0.2) is 0 Å². The Bertz CT molecular complexity index is 359. The van der Waals surface area contributed by atoms with E-state index in [4.69, 9.17) is 11.1 Å². The van der Waals surface area contributed by atoms with E-state index in [1.165, 1.54) is 0 Å². The van der Waals surface area contributed by atoms with Gasteiger partial charge in [-0.1, -0.05) is 6.07 Å². The van der Waals surface area contributed by atoms with E-state index in [1.807, 2.05) is 18.2 Å². The maximum atomic E-state index is 7.58. The standard InChI is InChI=1S/C11H16BrN3/c1-3-15(4-2)9-7-5-6-8(12)10(9)11(13)14/h5-7H,3-4H2,1-2H3,(H3,13,14). The Balaban J connectivity index is 3.27. The molecule has 0 aliphatic rings. The lowest BCUT2D eigenvalue weighted by Crippen LogP contribution is -2.26. The molecule has 0 aromatic heterocycles. The summed E-state index contributed by atoms with van der Waals surface area (Å²) >= 11 is 3.43. The van der Waals surface area contributed by atoms with E-state index in [0.717, 1.165) is 28.8 Å². The van der Waals surface area contributed by atoms with Gasteiger partial charge in [-0.05, 0) is 41.9 Å². The van der Waals surface area contributed by atoms with Crippen molar-refractivity contribution in [3.63, 3.8) is 0 Å². The molecule has 0 bridgehead atoms. The van der Waals surface area contributed by atoms with Gasteiger partial charge >= 0.3 is 0 Å². The molecule has 0 aliphatic carbocycles. The smallest absolute Gasteiger partial charge is 0.126 e. The maximum absolute atomic E-state index is 7.58. The zero-order valence-corrected chi connectivity index (χ0v) is 10.6. The van der Waals surface area contributed by atoms with Crippen LogP contribution in [0.4, 0.5) is 5.69 Å². The van der Waals surface area contributed by atoms with Crippen LogP contribution in [-0.2, 0) is 0 Å². The molecule has 3 N–H and O–H groups in total. The van der Waals surface area contributed by atoms with Crippen molar-refractivity contribution in [1.82, 2.24) is 0 Å². The van der Waals surface area contributed by atoms with Crippen LogP contribution in [0.3, 0.4) is 0 Å². The van der Waals surface area contributed by atoms with Crippen LogP contribution in [0.1, 0.15) is 19.4 Å². The van der Waals surface area contributed by atoms with Crippen LogP contribution >= 0.6 is 15.9 Å². The molecule has 82 valence electrons. The molecule has 0 unspecified atom stereocenters. The van der Waals surface area contributed by atoms with Gasteiger partial charge in [0, 0.05) is 23.2 Å². The highest BCUT2D eigenvalue weighted by Gasteiger charge is 2.13. The summed E-state index contributed by atoms with van der Waals surface area (Å²) in [6, 6.07) is 5.86. The molecule has 15 heavy (non-hydrogen) atoms. The van der Waals surface area contributed by atoms with Crippen LogP contribution < -0.4 is 10.6 Å². The maximum Gasteiger partial charge on any atom is 0.126 e. The number of amidine groups is 1. The lowest BCUT2D eigenvalue weighted by molar-refractivity contribution is 0.864. The highest BCUT2D eigenvalue weighted by molar-refractivity contribution is 9.10. The van der Waals surface area contributed by atoms with Gasteiger partial charge in [0.25, 0.3) is 0 Å². The largest absolute Gasteiger partial charge is 0.384 e. The zero-order chi connectivity index (χ0) is 11.4. The number of rotatable bonds is 4. The van der Waals surface area contributed by atoms with Crippen LogP contribution in [0.5, 0.6) is 0 Å². The molecule has 0 saturated carbocycles. The molecule has 4 heteroatoms. The van der Waals surface area contributed by atoms with Gasteiger partial charge in [-0.15, -0.1) is 0 Å². The third-order valence-corrected chi connectivity index (χ3v) is 3.03. The molecular formula is C11H16BrN3. The topological polar surface area (TPSA) is 53.1 Å². The molecule has 0 atom stereocenters. The van der Waals surface area contributed by atoms with Gasteiger partial charge in [0.05, 0.1) is 5.56 Å². The fourth-order valence-corrected chi connectivity index (χ4v) is 2.18. The Morgan fingerprint density at radius 2 is 2.00 bits per heavy atom. The van der Waals surface area contributed by atoms with Gasteiger partial charge in [-0.25, -0.2) is 0 Å². The van der Waals surface area contributed by atoms with Gasteiger partial charge in [-0.2, -0.15) is 0 Å². The van der Waals surface area contributed by atoms with Crippen LogP contribution in [0.25, 0.3) is 0 Å². The molecule has 0 saturated heterocycles. The highest BCUT2D eigenvalue weighted by atomic mass is 79.9. The molecule has 0 heterocycles. The minimum absolute atomic E-state index is 0.101.